The highest BCUT2D eigenvalue weighted by Gasteiger charge is 2.52. The molecule has 2 radical (unpaired) electrons. The lowest BCUT2D eigenvalue weighted by Crippen LogP contribution is -2.64. The van der Waals surface area contributed by atoms with E-state index in [0.717, 1.165) is 36.4 Å². The molecule has 4 rings (SSSR count). The van der Waals surface area contributed by atoms with Crippen LogP contribution in [-0.2, 0) is 4.79 Å². The zero-order valence-corrected chi connectivity index (χ0v) is 10.4. The fraction of sp³-hybridized carbons (Fsp3) is 0.462. The molecule has 1 amide bonds. The van der Waals surface area contributed by atoms with E-state index in [-0.39, 0.29) is 12.0 Å². The molecule has 1 aromatic rings. The molecule has 3 aliphatic rings. The van der Waals surface area contributed by atoms with Crippen LogP contribution in [0.3, 0.4) is 0 Å². The Kier molecular flexibility index (Phi) is 2.10. The number of benzene rings is 1. The number of anilines is 2. The van der Waals surface area contributed by atoms with Gasteiger partial charge in [-0.2, -0.15) is 0 Å². The minimum Gasteiger partial charge on any atom is -0.371 e. The van der Waals surface area contributed by atoms with E-state index >= 15 is 0 Å². The van der Waals surface area contributed by atoms with Gasteiger partial charge in [-0.15, -0.1) is 0 Å². The lowest BCUT2D eigenvalue weighted by molar-refractivity contribution is -0.127. The third kappa shape index (κ3) is 1.30. The standard InChI is InChI=1S/C13H14BN3O2/c14-13(19)12(18)16-9-3-1-2-7-8-6-15-5-4-10(8)17(13)11(7)9/h1-3,8,10,15,19H,4-6H2,(H,16,18). The van der Waals surface area contributed by atoms with Crippen LogP contribution in [0.25, 0.3) is 0 Å². The van der Waals surface area contributed by atoms with Crippen LogP contribution in [-0.4, -0.2) is 43.6 Å². The van der Waals surface area contributed by atoms with Gasteiger partial charge in [0, 0.05) is 18.5 Å². The Hall–Kier alpha value is -1.53. The van der Waals surface area contributed by atoms with E-state index in [1.165, 1.54) is 0 Å². The van der Waals surface area contributed by atoms with Gasteiger partial charge >= 0.3 is 0 Å². The molecule has 3 N–H and O–H groups in total. The van der Waals surface area contributed by atoms with Gasteiger partial charge in [-0.05, 0) is 24.6 Å². The number of rotatable bonds is 0. The minimum atomic E-state index is -1.96. The average Bonchev–Trinajstić information content (AvgIpc) is 2.74. The molecule has 1 fully saturated rings. The molecule has 3 atom stereocenters. The lowest BCUT2D eigenvalue weighted by Gasteiger charge is -2.45. The predicted molar refractivity (Wildman–Crippen MR) is 72.3 cm³/mol. The first-order valence-electron chi connectivity index (χ1n) is 6.56. The van der Waals surface area contributed by atoms with E-state index in [0.29, 0.717) is 0 Å². The molecule has 3 heterocycles. The molecule has 3 unspecified atom stereocenters. The number of aliphatic hydroxyl groups is 1. The zero-order valence-electron chi connectivity index (χ0n) is 10.4. The second kappa shape index (κ2) is 3.52. The van der Waals surface area contributed by atoms with E-state index < -0.39 is 11.5 Å². The fourth-order valence-corrected chi connectivity index (χ4v) is 3.61. The van der Waals surface area contributed by atoms with Gasteiger partial charge < -0.3 is 20.6 Å². The highest BCUT2D eigenvalue weighted by molar-refractivity contribution is 6.33. The topological polar surface area (TPSA) is 64.6 Å². The van der Waals surface area contributed by atoms with Gasteiger partial charge in [0.05, 0.1) is 11.4 Å². The van der Waals surface area contributed by atoms with Crippen molar-refractivity contribution in [2.75, 3.05) is 23.3 Å². The number of piperidine rings is 1. The van der Waals surface area contributed by atoms with Crippen molar-refractivity contribution in [1.29, 1.82) is 0 Å². The third-order valence-corrected chi connectivity index (χ3v) is 4.43. The molecule has 6 heteroatoms. The third-order valence-electron chi connectivity index (χ3n) is 4.43. The smallest absolute Gasteiger partial charge is 0.266 e. The number of carbonyl (C=O) groups excluding carboxylic acids is 1. The first-order chi connectivity index (χ1) is 9.10. The van der Waals surface area contributed by atoms with Crippen molar-refractivity contribution in [3.63, 3.8) is 0 Å². The number of nitrogens with one attached hydrogen (secondary N) is 2. The van der Waals surface area contributed by atoms with Gasteiger partial charge in [-0.3, -0.25) is 4.79 Å². The van der Waals surface area contributed by atoms with Gasteiger partial charge in [0.1, 0.15) is 0 Å². The molecular weight excluding hydrogens is 241 g/mol. The second-order valence-corrected chi connectivity index (χ2v) is 5.46. The molecule has 0 bridgehead atoms. The van der Waals surface area contributed by atoms with Crippen LogP contribution in [0.5, 0.6) is 0 Å². The summed E-state index contributed by atoms with van der Waals surface area (Å²) in [6.07, 6.45) is 0.867. The monoisotopic (exact) mass is 255 g/mol. The summed E-state index contributed by atoms with van der Waals surface area (Å²) in [4.78, 5) is 13.7. The second-order valence-electron chi connectivity index (χ2n) is 5.46. The maximum absolute atomic E-state index is 12.0. The van der Waals surface area contributed by atoms with Crippen molar-refractivity contribution in [2.24, 2.45) is 0 Å². The molecular formula is C13H14BN3O2. The molecule has 19 heavy (non-hydrogen) atoms. The Labute approximate surface area is 112 Å². The zero-order chi connectivity index (χ0) is 13.2. The summed E-state index contributed by atoms with van der Waals surface area (Å²) >= 11 is 0. The Morgan fingerprint density at radius 3 is 3.16 bits per heavy atom. The molecule has 0 spiro atoms. The number of amides is 1. The average molecular weight is 255 g/mol. The fourth-order valence-electron chi connectivity index (χ4n) is 3.61. The predicted octanol–water partition coefficient (Wildman–Crippen LogP) is -0.281. The van der Waals surface area contributed by atoms with Crippen molar-refractivity contribution in [1.82, 2.24) is 5.32 Å². The Bertz CT molecular complexity index is 575. The van der Waals surface area contributed by atoms with Crippen molar-refractivity contribution in [2.45, 2.75) is 24.0 Å². The summed E-state index contributed by atoms with van der Waals surface area (Å²) in [6, 6.07) is 5.92. The number of fused-ring (bicyclic) bond motifs is 3. The molecule has 96 valence electrons. The van der Waals surface area contributed by atoms with Crippen LogP contribution < -0.4 is 15.5 Å². The van der Waals surface area contributed by atoms with Crippen LogP contribution in [0.1, 0.15) is 17.9 Å². The van der Waals surface area contributed by atoms with E-state index in [9.17, 15) is 9.90 Å². The van der Waals surface area contributed by atoms with Crippen LogP contribution in [0, 0.1) is 0 Å². The quantitative estimate of drug-likeness (QED) is 0.558. The normalized spacial score (nSPS) is 35.6. The first-order valence-corrected chi connectivity index (χ1v) is 6.56. The van der Waals surface area contributed by atoms with Gasteiger partial charge in [0.25, 0.3) is 5.91 Å². The molecule has 1 aromatic carbocycles. The van der Waals surface area contributed by atoms with E-state index in [1.54, 1.807) is 4.90 Å². The van der Waals surface area contributed by atoms with Crippen molar-refractivity contribution in [3.8, 4) is 0 Å². The number of hydrogen-bond donors (Lipinski definition) is 3. The highest BCUT2D eigenvalue weighted by atomic mass is 16.3. The maximum atomic E-state index is 12.0. The van der Waals surface area contributed by atoms with E-state index in [1.807, 2.05) is 12.1 Å². The number of hydrogen-bond acceptors (Lipinski definition) is 4. The van der Waals surface area contributed by atoms with Crippen LogP contribution in [0.2, 0.25) is 0 Å². The SMILES string of the molecule is [B]C1(O)C(=O)Nc2cccc3c2N1C1CCNCC31. The molecule has 0 saturated carbocycles. The van der Waals surface area contributed by atoms with Crippen LogP contribution in [0.15, 0.2) is 18.2 Å². The van der Waals surface area contributed by atoms with Crippen molar-refractivity contribution < 1.29 is 9.90 Å². The van der Waals surface area contributed by atoms with Crippen molar-refractivity contribution in [3.05, 3.63) is 23.8 Å². The van der Waals surface area contributed by atoms with Gasteiger partial charge in [-0.25, -0.2) is 0 Å². The summed E-state index contributed by atoms with van der Waals surface area (Å²) in [7, 11) is 5.88. The lowest BCUT2D eigenvalue weighted by atomic mass is 9.84. The molecule has 5 nitrogen and oxygen atoms in total. The van der Waals surface area contributed by atoms with Gasteiger partial charge in [0.15, 0.2) is 13.5 Å². The highest BCUT2D eigenvalue weighted by Crippen LogP contribution is 2.51. The van der Waals surface area contributed by atoms with E-state index in [4.69, 9.17) is 7.85 Å². The maximum Gasteiger partial charge on any atom is 0.266 e. The Balaban J connectivity index is 1.95. The number of para-hydroxylation sites is 1. The Morgan fingerprint density at radius 2 is 2.32 bits per heavy atom. The first kappa shape index (κ1) is 11.3. The summed E-state index contributed by atoms with van der Waals surface area (Å²) in [5, 5.41) is 16.5. The van der Waals surface area contributed by atoms with E-state index in [2.05, 4.69) is 16.7 Å². The minimum absolute atomic E-state index is 0.0819. The molecule has 0 aliphatic carbocycles. The summed E-state index contributed by atoms with van der Waals surface area (Å²) < 4.78 is 0. The number of nitrogens with zero attached hydrogens (tertiary/aromatic N) is 1. The van der Waals surface area contributed by atoms with Gasteiger partial charge in [0.2, 0.25) is 0 Å². The van der Waals surface area contributed by atoms with Crippen molar-refractivity contribution >= 4 is 25.1 Å². The summed E-state index contributed by atoms with van der Waals surface area (Å²) in [5.41, 5.74) is 0.816. The number of carbonyl (C=O) groups is 1. The molecule has 0 aromatic heterocycles. The van der Waals surface area contributed by atoms with Crippen LogP contribution >= 0.6 is 0 Å². The van der Waals surface area contributed by atoms with Gasteiger partial charge in [-0.1, -0.05) is 12.1 Å². The molecule has 1 saturated heterocycles. The molecule has 3 aliphatic heterocycles. The summed E-state index contributed by atoms with van der Waals surface area (Å²) in [5.74, 6) is -0.289. The Morgan fingerprint density at radius 1 is 1.47 bits per heavy atom. The largest absolute Gasteiger partial charge is 0.371 e. The van der Waals surface area contributed by atoms with Crippen LogP contribution in [0.4, 0.5) is 11.4 Å². The summed E-state index contributed by atoms with van der Waals surface area (Å²) in [6.45, 7) is 1.72.